The molecule has 1 aliphatic carbocycles. The summed E-state index contributed by atoms with van der Waals surface area (Å²) in [7, 11) is 1.88. The largest absolute Gasteiger partial charge is 0.389 e. The average molecular weight is 355 g/mol. The number of nitrogens with one attached hydrogen (secondary N) is 1. The van der Waals surface area contributed by atoms with Crippen molar-refractivity contribution in [3.05, 3.63) is 28.2 Å². The van der Waals surface area contributed by atoms with Crippen molar-refractivity contribution < 1.29 is 9.90 Å². The first-order valence-electron chi connectivity index (χ1n) is 7.35. The van der Waals surface area contributed by atoms with Crippen molar-refractivity contribution in [1.82, 2.24) is 4.90 Å². The van der Waals surface area contributed by atoms with Crippen LogP contribution in [0.5, 0.6) is 0 Å². The number of amides is 1. The maximum absolute atomic E-state index is 12.1. The van der Waals surface area contributed by atoms with E-state index in [-0.39, 0.29) is 12.5 Å². The van der Waals surface area contributed by atoms with Crippen molar-refractivity contribution in [2.45, 2.75) is 38.2 Å². The Labute approximate surface area is 134 Å². The number of rotatable bonds is 5. The standard InChI is InChI=1S/C16H23BrN2O2/c1-12-9-13(5-6-14(12)17)18-15(20)10-19(2)11-16(21)7-3-4-8-16/h5-6,9,21H,3-4,7-8,10-11H2,1-2H3,(H,18,20). The fourth-order valence-electron chi connectivity index (χ4n) is 2.92. The smallest absolute Gasteiger partial charge is 0.238 e. The minimum Gasteiger partial charge on any atom is -0.389 e. The van der Waals surface area contributed by atoms with Crippen LogP contribution in [0.3, 0.4) is 0 Å². The van der Waals surface area contributed by atoms with Gasteiger partial charge in [-0.15, -0.1) is 0 Å². The van der Waals surface area contributed by atoms with Gasteiger partial charge in [0, 0.05) is 16.7 Å². The van der Waals surface area contributed by atoms with Crippen molar-refractivity contribution in [3.63, 3.8) is 0 Å². The van der Waals surface area contributed by atoms with E-state index in [1.165, 1.54) is 0 Å². The van der Waals surface area contributed by atoms with E-state index in [4.69, 9.17) is 0 Å². The summed E-state index contributed by atoms with van der Waals surface area (Å²) >= 11 is 3.44. The van der Waals surface area contributed by atoms with Crippen LogP contribution in [0.15, 0.2) is 22.7 Å². The number of benzene rings is 1. The van der Waals surface area contributed by atoms with E-state index in [9.17, 15) is 9.90 Å². The van der Waals surface area contributed by atoms with Gasteiger partial charge in [0.2, 0.25) is 5.91 Å². The van der Waals surface area contributed by atoms with Gasteiger partial charge in [-0.25, -0.2) is 0 Å². The topological polar surface area (TPSA) is 52.6 Å². The second-order valence-corrected chi connectivity index (χ2v) is 6.97. The summed E-state index contributed by atoms with van der Waals surface area (Å²) in [5.41, 5.74) is 1.28. The molecule has 1 amide bonds. The fourth-order valence-corrected chi connectivity index (χ4v) is 3.16. The predicted molar refractivity (Wildman–Crippen MR) is 88.4 cm³/mol. The molecule has 21 heavy (non-hydrogen) atoms. The number of anilines is 1. The lowest BCUT2D eigenvalue weighted by Gasteiger charge is -2.28. The summed E-state index contributed by atoms with van der Waals surface area (Å²) in [4.78, 5) is 13.9. The lowest BCUT2D eigenvalue weighted by Crippen LogP contribution is -2.42. The van der Waals surface area contributed by atoms with Gasteiger partial charge in [-0.3, -0.25) is 9.69 Å². The highest BCUT2D eigenvalue weighted by atomic mass is 79.9. The second-order valence-electron chi connectivity index (χ2n) is 6.12. The van der Waals surface area contributed by atoms with Crippen molar-refractivity contribution in [1.29, 1.82) is 0 Å². The summed E-state index contributed by atoms with van der Waals surface area (Å²) in [5, 5.41) is 13.2. The number of carbonyl (C=O) groups is 1. The van der Waals surface area contributed by atoms with Crippen LogP contribution in [0.1, 0.15) is 31.2 Å². The van der Waals surface area contributed by atoms with E-state index >= 15 is 0 Å². The van der Waals surface area contributed by atoms with Crippen LogP contribution >= 0.6 is 15.9 Å². The molecule has 0 radical (unpaired) electrons. The Bertz CT molecular complexity index is 513. The first-order valence-corrected chi connectivity index (χ1v) is 8.14. The predicted octanol–water partition coefficient (Wildman–Crippen LogP) is 2.93. The molecule has 0 atom stereocenters. The lowest BCUT2D eigenvalue weighted by atomic mass is 10.0. The van der Waals surface area contributed by atoms with Crippen LogP contribution in [-0.4, -0.2) is 41.7 Å². The highest BCUT2D eigenvalue weighted by molar-refractivity contribution is 9.10. The zero-order valence-electron chi connectivity index (χ0n) is 12.7. The Hall–Kier alpha value is -0.910. The van der Waals surface area contributed by atoms with E-state index in [0.717, 1.165) is 41.4 Å². The first kappa shape index (κ1) is 16.5. The molecule has 1 aromatic rings. The van der Waals surface area contributed by atoms with Gasteiger partial charge in [-0.05, 0) is 50.6 Å². The monoisotopic (exact) mass is 354 g/mol. The maximum atomic E-state index is 12.1. The number of carbonyl (C=O) groups excluding carboxylic acids is 1. The van der Waals surface area contributed by atoms with Crippen molar-refractivity contribution in [3.8, 4) is 0 Å². The Morgan fingerprint density at radius 3 is 2.71 bits per heavy atom. The minimum atomic E-state index is -0.608. The summed E-state index contributed by atoms with van der Waals surface area (Å²) < 4.78 is 1.03. The average Bonchev–Trinajstić information content (AvgIpc) is 2.79. The Morgan fingerprint density at radius 2 is 2.10 bits per heavy atom. The number of aryl methyl sites for hydroxylation is 1. The fraction of sp³-hybridized carbons (Fsp3) is 0.562. The highest BCUT2D eigenvalue weighted by Gasteiger charge is 2.32. The third-order valence-electron chi connectivity index (χ3n) is 3.95. The molecule has 0 aliphatic heterocycles. The molecule has 0 heterocycles. The maximum Gasteiger partial charge on any atom is 0.238 e. The third kappa shape index (κ3) is 4.80. The van der Waals surface area contributed by atoms with Crippen molar-refractivity contribution in [2.75, 3.05) is 25.5 Å². The summed E-state index contributed by atoms with van der Waals surface area (Å²) in [6.45, 7) is 2.83. The van der Waals surface area contributed by atoms with Crippen LogP contribution in [-0.2, 0) is 4.79 Å². The molecular formula is C16H23BrN2O2. The molecule has 1 saturated carbocycles. The molecule has 2 rings (SSSR count). The van der Waals surface area contributed by atoms with Crippen LogP contribution < -0.4 is 5.32 Å². The van der Waals surface area contributed by atoms with E-state index in [0.29, 0.717) is 6.54 Å². The highest BCUT2D eigenvalue weighted by Crippen LogP contribution is 2.29. The van der Waals surface area contributed by atoms with Crippen molar-refractivity contribution in [2.24, 2.45) is 0 Å². The number of halogens is 1. The van der Waals surface area contributed by atoms with Crippen molar-refractivity contribution >= 4 is 27.5 Å². The van der Waals surface area contributed by atoms with E-state index < -0.39 is 5.60 Å². The normalized spacial score (nSPS) is 17.2. The first-order chi connectivity index (χ1) is 9.88. The molecule has 0 saturated heterocycles. The van der Waals surface area contributed by atoms with E-state index in [2.05, 4.69) is 21.2 Å². The van der Waals surface area contributed by atoms with Gasteiger partial charge in [0.05, 0.1) is 12.1 Å². The van der Waals surface area contributed by atoms with Gasteiger partial charge in [0.15, 0.2) is 0 Å². The lowest BCUT2D eigenvalue weighted by molar-refractivity contribution is -0.117. The molecule has 0 spiro atoms. The number of hydrogen-bond donors (Lipinski definition) is 2. The van der Waals surface area contributed by atoms with Gasteiger partial charge in [-0.2, -0.15) is 0 Å². The zero-order valence-corrected chi connectivity index (χ0v) is 14.2. The SMILES string of the molecule is Cc1cc(NC(=O)CN(C)CC2(O)CCCC2)ccc1Br. The van der Waals surface area contributed by atoms with Crippen LogP contribution in [0, 0.1) is 6.92 Å². The molecule has 1 fully saturated rings. The summed E-state index contributed by atoms with van der Waals surface area (Å²) in [6.07, 6.45) is 3.83. The molecule has 1 aromatic carbocycles. The van der Waals surface area contributed by atoms with Gasteiger partial charge < -0.3 is 10.4 Å². The summed E-state index contributed by atoms with van der Waals surface area (Å²) in [6, 6.07) is 5.74. The van der Waals surface area contributed by atoms with Crippen LogP contribution in [0.25, 0.3) is 0 Å². The molecule has 1 aliphatic rings. The molecule has 0 unspecified atom stereocenters. The Kier molecular flexibility index (Phi) is 5.41. The molecule has 0 aromatic heterocycles. The van der Waals surface area contributed by atoms with Crippen LogP contribution in [0.2, 0.25) is 0 Å². The minimum absolute atomic E-state index is 0.0548. The quantitative estimate of drug-likeness (QED) is 0.854. The number of hydrogen-bond acceptors (Lipinski definition) is 3. The molecular weight excluding hydrogens is 332 g/mol. The molecule has 0 bridgehead atoms. The third-order valence-corrected chi connectivity index (χ3v) is 4.84. The number of likely N-dealkylation sites (N-methyl/N-ethyl adjacent to an activating group) is 1. The van der Waals surface area contributed by atoms with Gasteiger partial charge in [-0.1, -0.05) is 28.8 Å². The zero-order chi connectivity index (χ0) is 15.5. The van der Waals surface area contributed by atoms with Gasteiger partial charge >= 0.3 is 0 Å². The molecule has 4 nitrogen and oxygen atoms in total. The molecule has 5 heteroatoms. The number of nitrogens with zero attached hydrogens (tertiary/aromatic N) is 1. The van der Waals surface area contributed by atoms with Crippen LogP contribution in [0.4, 0.5) is 5.69 Å². The van der Waals surface area contributed by atoms with E-state index in [1.54, 1.807) is 0 Å². The second kappa shape index (κ2) is 6.90. The summed E-state index contributed by atoms with van der Waals surface area (Å²) in [5.74, 6) is -0.0548. The molecule has 116 valence electrons. The molecule has 2 N–H and O–H groups in total. The van der Waals surface area contributed by atoms with Gasteiger partial charge in [0.1, 0.15) is 0 Å². The van der Waals surface area contributed by atoms with E-state index in [1.807, 2.05) is 37.1 Å². The number of aliphatic hydroxyl groups is 1. The Balaban J connectivity index is 1.84. The Morgan fingerprint density at radius 1 is 1.43 bits per heavy atom. The van der Waals surface area contributed by atoms with Gasteiger partial charge in [0.25, 0.3) is 0 Å².